The number of Topliss-reactive ketones (excluding diaryl/α,β-unsaturated/α-hetero) is 1. The van der Waals surface area contributed by atoms with E-state index in [4.69, 9.17) is 9.84 Å². The van der Waals surface area contributed by atoms with Crippen molar-refractivity contribution in [1.29, 1.82) is 0 Å². The van der Waals surface area contributed by atoms with Crippen LogP contribution < -0.4 is 4.74 Å². The standard InChI is InChI=1S/C12H12O4/c13-11(14)7-8-5-6-16-10-4-2-1-3-9(10)12(8)15/h1-4,8H,5-7H2,(H,13,14). The summed E-state index contributed by atoms with van der Waals surface area (Å²) < 4.78 is 5.42. The summed E-state index contributed by atoms with van der Waals surface area (Å²) in [7, 11) is 0. The van der Waals surface area contributed by atoms with Crippen molar-refractivity contribution < 1.29 is 19.4 Å². The Labute approximate surface area is 92.8 Å². The third-order valence-corrected chi connectivity index (χ3v) is 2.67. The van der Waals surface area contributed by atoms with Crippen molar-refractivity contribution in [3.63, 3.8) is 0 Å². The van der Waals surface area contributed by atoms with Crippen molar-refractivity contribution in [1.82, 2.24) is 0 Å². The van der Waals surface area contributed by atoms with Gasteiger partial charge in [-0.05, 0) is 18.6 Å². The Morgan fingerprint density at radius 1 is 1.44 bits per heavy atom. The van der Waals surface area contributed by atoms with Gasteiger partial charge in [0.15, 0.2) is 5.78 Å². The zero-order chi connectivity index (χ0) is 11.5. The maximum Gasteiger partial charge on any atom is 0.304 e. The number of fused-ring (bicyclic) bond motifs is 1. The van der Waals surface area contributed by atoms with Crippen molar-refractivity contribution in [3.8, 4) is 5.75 Å². The molecule has 1 aromatic carbocycles. The normalized spacial score (nSPS) is 19.5. The number of carbonyl (C=O) groups is 2. The van der Waals surface area contributed by atoms with Crippen LogP contribution >= 0.6 is 0 Å². The first-order valence-electron chi connectivity index (χ1n) is 5.16. The summed E-state index contributed by atoms with van der Waals surface area (Å²) >= 11 is 0. The number of carboxylic acid groups (broad SMARTS) is 1. The molecule has 0 aliphatic carbocycles. The molecule has 0 saturated carbocycles. The lowest BCUT2D eigenvalue weighted by Crippen LogP contribution is -2.18. The van der Waals surface area contributed by atoms with Crippen molar-refractivity contribution in [2.24, 2.45) is 5.92 Å². The maximum atomic E-state index is 12.0. The van der Waals surface area contributed by atoms with Gasteiger partial charge in [0.1, 0.15) is 5.75 Å². The highest BCUT2D eigenvalue weighted by Crippen LogP contribution is 2.27. The number of benzene rings is 1. The summed E-state index contributed by atoms with van der Waals surface area (Å²) in [6, 6.07) is 6.96. The van der Waals surface area contributed by atoms with Crippen LogP contribution in [0.3, 0.4) is 0 Å². The molecule has 0 saturated heterocycles. The molecule has 0 amide bonds. The second-order valence-corrected chi connectivity index (χ2v) is 3.79. The van der Waals surface area contributed by atoms with E-state index in [-0.39, 0.29) is 12.2 Å². The summed E-state index contributed by atoms with van der Waals surface area (Å²) in [5.74, 6) is -0.991. The molecule has 1 N–H and O–H groups in total. The third kappa shape index (κ3) is 2.05. The zero-order valence-corrected chi connectivity index (χ0v) is 8.68. The van der Waals surface area contributed by atoms with Gasteiger partial charge in [0.05, 0.1) is 18.6 Å². The lowest BCUT2D eigenvalue weighted by Gasteiger charge is -2.08. The molecule has 1 aliphatic rings. The van der Waals surface area contributed by atoms with Crippen molar-refractivity contribution in [2.45, 2.75) is 12.8 Å². The van der Waals surface area contributed by atoms with Gasteiger partial charge >= 0.3 is 5.97 Å². The molecular formula is C12H12O4. The monoisotopic (exact) mass is 220 g/mol. The van der Waals surface area contributed by atoms with E-state index >= 15 is 0 Å². The lowest BCUT2D eigenvalue weighted by atomic mass is 9.92. The second kappa shape index (κ2) is 4.35. The summed E-state index contributed by atoms with van der Waals surface area (Å²) in [5, 5.41) is 8.73. The molecule has 0 aromatic heterocycles. The smallest absolute Gasteiger partial charge is 0.304 e. The SMILES string of the molecule is O=C(O)CC1CCOc2ccccc2C1=O. The molecule has 16 heavy (non-hydrogen) atoms. The molecular weight excluding hydrogens is 208 g/mol. The molecule has 1 unspecified atom stereocenters. The van der Waals surface area contributed by atoms with Gasteiger partial charge in [0, 0.05) is 5.92 Å². The molecule has 0 bridgehead atoms. The van der Waals surface area contributed by atoms with Gasteiger partial charge in [-0.15, -0.1) is 0 Å². The average molecular weight is 220 g/mol. The van der Waals surface area contributed by atoms with Crippen LogP contribution in [0.25, 0.3) is 0 Å². The minimum absolute atomic E-state index is 0.128. The van der Waals surface area contributed by atoms with Gasteiger partial charge in [-0.2, -0.15) is 0 Å². The largest absolute Gasteiger partial charge is 0.493 e. The molecule has 0 fully saturated rings. The molecule has 4 nitrogen and oxygen atoms in total. The Balaban J connectivity index is 2.30. The Morgan fingerprint density at radius 2 is 2.19 bits per heavy atom. The summed E-state index contributed by atoms with van der Waals surface area (Å²) in [6.07, 6.45) is 0.330. The fourth-order valence-electron chi connectivity index (χ4n) is 1.86. The Hall–Kier alpha value is -1.84. The van der Waals surface area contributed by atoms with Crippen molar-refractivity contribution in [2.75, 3.05) is 6.61 Å². The first-order chi connectivity index (χ1) is 7.68. The predicted octanol–water partition coefficient (Wildman–Crippen LogP) is 1.74. The Morgan fingerprint density at radius 3 is 2.94 bits per heavy atom. The molecule has 1 atom stereocenters. The molecule has 0 radical (unpaired) electrons. The van der Waals surface area contributed by atoms with E-state index in [1.54, 1.807) is 24.3 Å². The molecule has 2 rings (SSSR count). The van der Waals surface area contributed by atoms with E-state index in [0.717, 1.165) is 0 Å². The van der Waals surface area contributed by atoms with Gasteiger partial charge < -0.3 is 9.84 Å². The first kappa shape index (κ1) is 10.7. The van der Waals surface area contributed by atoms with Crippen molar-refractivity contribution in [3.05, 3.63) is 29.8 Å². The van der Waals surface area contributed by atoms with Crippen LogP contribution in [0.4, 0.5) is 0 Å². The van der Waals surface area contributed by atoms with Crippen LogP contribution in [0.2, 0.25) is 0 Å². The van der Waals surface area contributed by atoms with E-state index < -0.39 is 11.9 Å². The average Bonchev–Trinajstić information content (AvgIpc) is 2.40. The number of carbonyl (C=O) groups excluding carboxylic acids is 1. The van der Waals surface area contributed by atoms with Crippen LogP contribution in [0.5, 0.6) is 5.75 Å². The quantitative estimate of drug-likeness (QED) is 0.824. The molecule has 0 spiro atoms. The second-order valence-electron chi connectivity index (χ2n) is 3.79. The third-order valence-electron chi connectivity index (χ3n) is 2.67. The summed E-state index contributed by atoms with van der Waals surface area (Å²) in [4.78, 5) is 22.7. The molecule has 1 heterocycles. The van der Waals surface area contributed by atoms with Gasteiger partial charge in [-0.1, -0.05) is 12.1 Å². The Bertz CT molecular complexity index is 425. The van der Waals surface area contributed by atoms with E-state index in [0.29, 0.717) is 24.3 Å². The van der Waals surface area contributed by atoms with E-state index in [1.165, 1.54) is 0 Å². The van der Waals surface area contributed by atoms with E-state index in [1.807, 2.05) is 0 Å². The molecule has 1 aromatic rings. The van der Waals surface area contributed by atoms with Crippen LogP contribution in [0, 0.1) is 5.92 Å². The number of aliphatic carboxylic acids is 1. The minimum Gasteiger partial charge on any atom is -0.493 e. The number of hydrogen-bond donors (Lipinski definition) is 1. The highest BCUT2D eigenvalue weighted by Gasteiger charge is 2.27. The van der Waals surface area contributed by atoms with Gasteiger partial charge in [0.2, 0.25) is 0 Å². The van der Waals surface area contributed by atoms with Gasteiger partial charge in [-0.25, -0.2) is 0 Å². The van der Waals surface area contributed by atoms with Crippen LogP contribution in [-0.4, -0.2) is 23.5 Å². The Kier molecular flexibility index (Phi) is 2.90. The van der Waals surface area contributed by atoms with E-state index in [9.17, 15) is 9.59 Å². The highest BCUT2D eigenvalue weighted by atomic mass is 16.5. The fourth-order valence-corrected chi connectivity index (χ4v) is 1.86. The minimum atomic E-state index is -0.947. The number of para-hydroxylation sites is 1. The molecule has 84 valence electrons. The lowest BCUT2D eigenvalue weighted by molar-refractivity contribution is -0.137. The predicted molar refractivity (Wildman–Crippen MR) is 56.6 cm³/mol. The van der Waals surface area contributed by atoms with Crippen LogP contribution in [0.1, 0.15) is 23.2 Å². The number of hydrogen-bond acceptors (Lipinski definition) is 3. The zero-order valence-electron chi connectivity index (χ0n) is 8.68. The van der Waals surface area contributed by atoms with Crippen molar-refractivity contribution >= 4 is 11.8 Å². The van der Waals surface area contributed by atoms with Gasteiger partial charge in [0.25, 0.3) is 0 Å². The molecule has 4 heteroatoms. The number of rotatable bonds is 2. The number of ether oxygens (including phenoxy) is 1. The number of carboxylic acids is 1. The first-order valence-corrected chi connectivity index (χ1v) is 5.16. The summed E-state index contributed by atoms with van der Waals surface area (Å²) in [6.45, 7) is 0.390. The topological polar surface area (TPSA) is 63.6 Å². The van der Waals surface area contributed by atoms with Gasteiger partial charge in [-0.3, -0.25) is 9.59 Å². The maximum absolute atomic E-state index is 12.0. The van der Waals surface area contributed by atoms with E-state index in [2.05, 4.69) is 0 Å². The summed E-state index contributed by atoms with van der Waals surface area (Å²) in [5.41, 5.74) is 0.492. The number of ketones is 1. The molecule has 1 aliphatic heterocycles. The highest BCUT2D eigenvalue weighted by molar-refractivity contribution is 6.01. The van der Waals surface area contributed by atoms with Crippen LogP contribution in [-0.2, 0) is 4.79 Å². The van der Waals surface area contributed by atoms with Crippen LogP contribution in [0.15, 0.2) is 24.3 Å². The fraction of sp³-hybridized carbons (Fsp3) is 0.333.